The van der Waals surface area contributed by atoms with Crippen LogP contribution in [0.15, 0.2) is 69.1 Å². The quantitative estimate of drug-likeness (QED) is 0.594. The maximum Gasteiger partial charge on any atom is 0.254 e. The smallest absolute Gasteiger partial charge is 0.254 e. The molecule has 1 aromatic carbocycles. The molecule has 118 valence electrons. The number of halogens is 1. The maximum absolute atomic E-state index is 12.8. The second kappa shape index (κ2) is 7.62. The van der Waals surface area contributed by atoms with Gasteiger partial charge in [0.15, 0.2) is 0 Å². The van der Waals surface area contributed by atoms with Crippen LogP contribution in [-0.4, -0.2) is 17.4 Å². The molecule has 2 aromatic heterocycles. The number of nitrogens with zero attached hydrogens (tertiary/aromatic N) is 1. The fourth-order valence-corrected chi connectivity index (χ4v) is 3.44. The van der Waals surface area contributed by atoms with Crippen molar-refractivity contribution in [3.05, 3.63) is 80.8 Å². The van der Waals surface area contributed by atoms with Crippen LogP contribution in [0.1, 0.15) is 21.0 Å². The number of rotatable bonds is 6. The summed E-state index contributed by atoms with van der Waals surface area (Å²) in [6.45, 7) is 1.14. The van der Waals surface area contributed by atoms with E-state index in [1.807, 2.05) is 47.4 Å². The third-order valence-corrected chi connectivity index (χ3v) is 4.92. The summed E-state index contributed by atoms with van der Waals surface area (Å²) in [7, 11) is 0. The molecular formula is C18H16BrNO2S. The van der Waals surface area contributed by atoms with Crippen molar-refractivity contribution in [3.8, 4) is 0 Å². The molecule has 3 nitrogen and oxygen atoms in total. The first-order chi connectivity index (χ1) is 11.2. The van der Waals surface area contributed by atoms with Gasteiger partial charge in [-0.2, -0.15) is 0 Å². The number of carbonyl (C=O) groups excluding carboxylic acids is 1. The second-order valence-electron chi connectivity index (χ2n) is 5.15. The molecule has 0 N–H and O–H groups in total. The van der Waals surface area contributed by atoms with E-state index in [1.165, 1.54) is 4.88 Å². The zero-order chi connectivity index (χ0) is 16.1. The molecule has 0 fully saturated rings. The Labute approximate surface area is 147 Å². The van der Waals surface area contributed by atoms with Crippen LogP contribution in [0.3, 0.4) is 0 Å². The van der Waals surface area contributed by atoms with Crippen molar-refractivity contribution in [2.45, 2.75) is 13.0 Å². The van der Waals surface area contributed by atoms with Gasteiger partial charge in [-0.15, -0.1) is 11.3 Å². The third-order valence-electron chi connectivity index (χ3n) is 3.49. The van der Waals surface area contributed by atoms with Gasteiger partial charge in [-0.05, 0) is 48.2 Å². The van der Waals surface area contributed by atoms with E-state index in [-0.39, 0.29) is 5.91 Å². The summed E-state index contributed by atoms with van der Waals surface area (Å²) < 4.78 is 6.31. The van der Waals surface area contributed by atoms with Gasteiger partial charge < -0.3 is 9.32 Å². The minimum absolute atomic E-state index is 0.0132. The molecule has 23 heavy (non-hydrogen) atoms. The van der Waals surface area contributed by atoms with Crippen molar-refractivity contribution in [1.29, 1.82) is 0 Å². The minimum Gasteiger partial charge on any atom is -0.467 e. The highest BCUT2D eigenvalue weighted by Gasteiger charge is 2.17. The SMILES string of the molecule is O=C(c1cccc(Br)c1)N(CCc1cccs1)Cc1ccco1. The molecule has 0 aliphatic rings. The monoisotopic (exact) mass is 389 g/mol. The number of benzene rings is 1. The van der Waals surface area contributed by atoms with Crippen LogP contribution < -0.4 is 0 Å². The van der Waals surface area contributed by atoms with E-state index in [9.17, 15) is 4.79 Å². The lowest BCUT2D eigenvalue weighted by molar-refractivity contribution is 0.0734. The van der Waals surface area contributed by atoms with E-state index < -0.39 is 0 Å². The molecular weight excluding hydrogens is 374 g/mol. The van der Waals surface area contributed by atoms with Gasteiger partial charge in [-0.1, -0.05) is 28.1 Å². The van der Waals surface area contributed by atoms with E-state index in [1.54, 1.807) is 17.6 Å². The lowest BCUT2D eigenvalue weighted by atomic mass is 10.2. The molecule has 0 saturated heterocycles. The number of hydrogen-bond acceptors (Lipinski definition) is 3. The molecule has 0 unspecified atom stereocenters. The molecule has 0 bridgehead atoms. The van der Waals surface area contributed by atoms with Crippen LogP contribution >= 0.6 is 27.3 Å². The van der Waals surface area contributed by atoms with Crippen molar-refractivity contribution < 1.29 is 9.21 Å². The molecule has 0 aliphatic carbocycles. The Morgan fingerprint density at radius 3 is 2.78 bits per heavy atom. The molecule has 0 aliphatic heterocycles. The van der Waals surface area contributed by atoms with Gasteiger partial charge in [0.1, 0.15) is 5.76 Å². The van der Waals surface area contributed by atoms with Crippen LogP contribution in [-0.2, 0) is 13.0 Å². The zero-order valence-electron chi connectivity index (χ0n) is 12.4. The fraction of sp³-hybridized carbons (Fsp3) is 0.167. The number of furan rings is 1. The summed E-state index contributed by atoms with van der Waals surface area (Å²) in [6, 6.07) is 15.4. The predicted octanol–water partition coefficient (Wildman–Crippen LogP) is 4.99. The summed E-state index contributed by atoms with van der Waals surface area (Å²) in [6.07, 6.45) is 2.48. The highest BCUT2D eigenvalue weighted by Crippen LogP contribution is 2.17. The Kier molecular flexibility index (Phi) is 5.31. The first kappa shape index (κ1) is 16.0. The Morgan fingerprint density at radius 2 is 2.09 bits per heavy atom. The molecule has 5 heteroatoms. The number of carbonyl (C=O) groups is 1. The third kappa shape index (κ3) is 4.33. The number of thiophene rings is 1. The average molecular weight is 390 g/mol. The summed E-state index contributed by atoms with van der Waals surface area (Å²) in [5, 5.41) is 2.06. The van der Waals surface area contributed by atoms with Crippen molar-refractivity contribution in [3.63, 3.8) is 0 Å². The molecule has 0 saturated carbocycles. The summed E-state index contributed by atoms with van der Waals surface area (Å²) in [4.78, 5) is 16.0. The lowest BCUT2D eigenvalue weighted by Gasteiger charge is -2.21. The predicted molar refractivity (Wildman–Crippen MR) is 95.6 cm³/mol. The summed E-state index contributed by atoms with van der Waals surface area (Å²) >= 11 is 5.14. The Bertz CT molecular complexity index is 753. The molecule has 1 amide bonds. The average Bonchev–Trinajstić information content (AvgIpc) is 3.24. The Balaban J connectivity index is 1.77. The van der Waals surface area contributed by atoms with Crippen LogP contribution in [0, 0.1) is 0 Å². The first-order valence-electron chi connectivity index (χ1n) is 7.32. The summed E-state index contributed by atoms with van der Waals surface area (Å²) in [5.41, 5.74) is 0.678. The van der Waals surface area contributed by atoms with Crippen LogP contribution in [0.5, 0.6) is 0 Å². The maximum atomic E-state index is 12.8. The minimum atomic E-state index is 0.0132. The fourth-order valence-electron chi connectivity index (χ4n) is 2.35. The second-order valence-corrected chi connectivity index (χ2v) is 7.09. The van der Waals surface area contributed by atoms with Gasteiger partial charge >= 0.3 is 0 Å². The normalized spacial score (nSPS) is 10.7. The summed E-state index contributed by atoms with van der Waals surface area (Å²) in [5.74, 6) is 0.804. The van der Waals surface area contributed by atoms with Gasteiger partial charge in [0.05, 0.1) is 12.8 Å². The number of hydrogen-bond donors (Lipinski definition) is 0. The van der Waals surface area contributed by atoms with Crippen molar-refractivity contribution in [2.24, 2.45) is 0 Å². The van der Waals surface area contributed by atoms with E-state index in [0.717, 1.165) is 16.7 Å². The highest BCUT2D eigenvalue weighted by molar-refractivity contribution is 9.10. The topological polar surface area (TPSA) is 33.5 Å². The first-order valence-corrected chi connectivity index (χ1v) is 8.99. The van der Waals surface area contributed by atoms with E-state index in [2.05, 4.69) is 27.4 Å². The zero-order valence-corrected chi connectivity index (χ0v) is 14.8. The molecule has 0 atom stereocenters. The van der Waals surface area contributed by atoms with Gasteiger partial charge in [-0.25, -0.2) is 0 Å². The highest BCUT2D eigenvalue weighted by atomic mass is 79.9. The lowest BCUT2D eigenvalue weighted by Crippen LogP contribution is -2.32. The van der Waals surface area contributed by atoms with Crippen LogP contribution in [0.2, 0.25) is 0 Å². The van der Waals surface area contributed by atoms with Crippen molar-refractivity contribution >= 4 is 33.2 Å². The van der Waals surface area contributed by atoms with E-state index in [0.29, 0.717) is 18.7 Å². The largest absolute Gasteiger partial charge is 0.467 e. The Morgan fingerprint density at radius 1 is 1.17 bits per heavy atom. The van der Waals surface area contributed by atoms with E-state index >= 15 is 0 Å². The van der Waals surface area contributed by atoms with Gasteiger partial charge in [0.2, 0.25) is 0 Å². The van der Waals surface area contributed by atoms with E-state index in [4.69, 9.17) is 4.42 Å². The molecule has 0 radical (unpaired) electrons. The molecule has 2 heterocycles. The molecule has 3 aromatic rings. The van der Waals surface area contributed by atoms with Crippen molar-refractivity contribution in [1.82, 2.24) is 4.90 Å². The number of amides is 1. The standard InChI is InChI=1S/C18H16BrNO2S/c19-15-5-1-4-14(12-15)18(21)20(13-16-6-2-10-22-16)9-8-17-7-3-11-23-17/h1-7,10-12H,8-9,13H2. The van der Waals surface area contributed by atoms with Gasteiger partial charge in [0.25, 0.3) is 5.91 Å². The Hall–Kier alpha value is -1.85. The van der Waals surface area contributed by atoms with Gasteiger partial charge in [0, 0.05) is 21.5 Å². The van der Waals surface area contributed by atoms with Gasteiger partial charge in [-0.3, -0.25) is 4.79 Å². The van der Waals surface area contributed by atoms with Crippen LogP contribution in [0.4, 0.5) is 0 Å². The molecule has 3 rings (SSSR count). The molecule has 0 spiro atoms. The van der Waals surface area contributed by atoms with Crippen LogP contribution in [0.25, 0.3) is 0 Å². The van der Waals surface area contributed by atoms with Crippen molar-refractivity contribution in [2.75, 3.05) is 6.54 Å².